The first-order valence-corrected chi connectivity index (χ1v) is 22.0. The standard InChI is InChI=1S/C31H46N6O7S4/c1-37(2)25-13-8-11-22-21(25)10-9-15-27(22)48(43,44)36-23(30(39)33-18-19-46-47(3,41)42)12-6-7-17-32-28(38)16-5-4-14-26-29-24(20-45-26)34-31(40)35-29/h8-11,13,15,23-24,26,29,36H,4-7,12,14,16-20H2,1-3H3,(H,32,38)(H,33,39)(H2,34,35,40)/t23-,24+,26+,29+/m1/s1. The molecule has 0 spiro atoms. The smallest absolute Gasteiger partial charge is 0.315 e. The number of urea groups is 1. The number of fused-ring (bicyclic) bond motifs is 2. The van der Waals surface area contributed by atoms with Gasteiger partial charge in [0.15, 0.2) is 8.87 Å². The number of nitrogens with one attached hydrogen (secondary N) is 5. The summed E-state index contributed by atoms with van der Waals surface area (Å²) in [6, 6.07) is 9.56. The number of anilines is 1. The van der Waals surface area contributed by atoms with Crippen LogP contribution in [-0.4, -0.2) is 103 Å². The molecule has 0 bridgehead atoms. The molecule has 0 saturated carbocycles. The van der Waals surface area contributed by atoms with Crippen molar-refractivity contribution in [3.05, 3.63) is 36.4 Å². The Balaban J connectivity index is 1.28. The van der Waals surface area contributed by atoms with Gasteiger partial charge in [0.25, 0.3) is 0 Å². The molecular weight excluding hydrogens is 697 g/mol. The molecule has 2 aromatic carbocycles. The molecule has 4 atom stereocenters. The van der Waals surface area contributed by atoms with Crippen LogP contribution in [-0.2, 0) is 28.5 Å². The summed E-state index contributed by atoms with van der Waals surface area (Å²) in [7, 11) is -2.97. The highest BCUT2D eigenvalue weighted by Gasteiger charge is 2.42. The number of unbranched alkanes of at least 4 members (excludes halogenated alkanes) is 2. The van der Waals surface area contributed by atoms with Crippen LogP contribution in [0.3, 0.4) is 0 Å². The molecular formula is C31H46N6O7S4. The van der Waals surface area contributed by atoms with Gasteiger partial charge in [-0.3, -0.25) is 9.59 Å². The van der Waals surface area contributed by atoms with Gasteiger partial charge in [0.2, 0.25) is 21.8 Å². The molecule has 5 N–H and O–H groups in total. The fraction of sp³-hybridized carbons (Fsp3) is 0.581. The zero-order valence-corrected chi connectivity index (χ0v) is 30.8. The van der Waals surface area contributed by atoms with Crippen LogP contribution in [0.5, 0.6) is 0 Å². The highest BCUT2D eigenvalue weighted by atomic mass is 33.1. The van der Waals surface area contributed by atoms with Crippen molar-refractivity contribution in [3.63, 3.8) is 0 Å². The van der Waals surface area contributed by atoms with Crippen LogP contribution >= 0.6 is 22.6 Å². The summed E-state index contributed by atoms with van der Waals surface area (Å²) in [5.41, 5.74) is 0.854. The molecule has 266 valence electrons. The van der Waals surface area contributed by atoms with Crippen molar-refractivity contribution in [1.29, 1.82) is 0 Å². The molecule has 48 heavy (non-hydrogen) atoms. The molecule has 0 aromatic heterocycles. The Morgan fingerprint density at radius 1 is 0.979 bits per heavy atom. The van der Waals surface area contributed by atoms with E-state index in [0.29, 0.717) is 47.2 Å². The van der Waals surface area contributed by atoms with E-state index in [9.17, 15) is 31.2 Å². The van der Waals surface area contributed by atoms with Gasteiger partial charge in [0.05, 0.1) is 17.0 Å². The Kier molecular flexibility index (Phi) is 13.7. The van der Waals surface area contributed by atoms with E-state index in [1.807, 2.05) is 42.9 Å². The van der Waals surface area contributed by atoms with Gasteiger partial charge in [-0.2, -0.15) is 16.5 Å². The highest BCUT2D eigenvalue weighted by Crippen LogP contribution is 2.33. The molecule has 4 rings (SSSR count). The zero-order chi connectivity index (χ0) is 34.9. The molecule has 2 fully saturated rings. The van der Waals surface area contributed by atoms with E-state index in [0.717, 1.165) is 42.3 Å². The lowest BCUT2D eigenvalue weighted by Crippen LogP contribution is -2.47. The maximum absolute atomic E-state index is 13.7. The average molecular weight is 743 g/mol. The Hall–Kier alpha value is -2.73. The van der Waals surface area contributed by atoms with Gasteiger partial charge < -0.3 is 26.2 Å². The van der Waals surface area contributed by atoms with Crippen LogP contribution in [0.4, 0.5) is 10.5 Å². The molecule has 17 heteroatoms. The van der Waals surface area contributed by atoms with Gasteiger partial charge in [-0.15, -0.1) is 0 Å². The lowest BCUT2D eigenvalue weighted by molar-refractivity contribution is -0.123. The monoisotopic (exact) mass is 742 g/mol. The zero-order valence-electron chi connectivity index (χ0n) is 27.5. The van der Waals surface area contributed by atoms with E-state index in [-0.39, 0.29) is 47.6 Å². The van der Waals surface area contributed by atoms with Crippen molar-refractivity contribution in [2.24, 2.45) is 0 Å². The minimum Gasteiger partial charge on any atom is -0.377 e. The summed E-state index contributed by atoms with van der Waals surface area (Å²) >= 11 is 1.85. The first kappa shape index (κ1) is 38.1. The summed E-state index contributed by atoms with van der Waals surface area (Å²) < 4.78 is 52.9. The largest absolute Gasteiger partial charge is 0.377 e. The molecule has 2 aliphatic heterocycles. The van der Waals surface area contributed by atoms with Crippen molar-refractivity contribution in [1.82, 2.24) is 26.0 Å². The molecule has 4 amide bonds. The number of nitrogens with zero attached hydrogens (tertiary/aromatic N) is 1. The van der Waals surface area contributed by atoms with Crippen LogP contribution in [0.25, 0.3) is 10.8 Å². The van der Waals surface area contributed by atoms with Gasteiger partial charge >= 0.3 is 6.03 Å². The topological polar surface area (TPSA) is 183 Å². The van der Waals surface area contributed by atoms with E-state index >= 15 is 0 Å². The number of thioether (sulfide) groups is 1. The number of sulfonamides is 1. The summed E-state index contributed by atoms with van der Waals surface area (Å²) in [6.07, 6.45) is 5.22. The predicted molar refractivity (Wildman–Crippen MR) is 194 cm³/mol. The van der Waals surface area contributed by atoms with Gasteiger partial charge in [-0.25, -0.2) is 21.6 Å². The summed E-state index contributed by atoms with van der Waals surface area (Å²) in [6.45, 7) is 0.443. The maximum atomic E-state index is 13.7. The first-order valence-electron chi connectivity index (χ1n) is 16.0. The van der Waals surface area contributed by atoms with E-state index in [4.69, 9.17) is 0 Å². The lowest BCUT2D eigenvalue weighted by atomic mass is 10.0. The fourth-order valence-electron chi connectivity index (χ4n) is 5.94. The quantitative estimate of drug-likeness (QED) is 0.0815. The Bertz CT molecular complexity index is 1670. The molecule has 2 aliphatic rings. The van der Waals surface area contributed by atoms with Crippen LogP contribution in [0.2, 0.25) is 0 Å². The molecule has 0 radical (unpaired) electrons. The number of hydrogen-bond donors (Lipinski definition) is 5. The third-order valence-corrected chi connectivity index (χ3v) is 13.9. The van der Waals surface area contributed by atoms with E-state index in [1.165, 1.54) is 6.07 Å². The van der Waals surface area contributed by atoms with Crippen LogP contribution in [0, 0.1) is 0 Å². The molecule has 2 aromatic rings. The van der Waals surface area contributed by atoms with Crippen LogP contribution < -0.4 is 30.9 Å². The second kappa shape index (κ2) is 17.3. The lowest BCUT2D eigenvalue weighted by Gasteiger charge is -2.20. The molecule has 0 unspecified atom stereocenters. The van der Waals surface area contributed by atoms with E-state index in [1.54, 1.807) is 18.2 Å². The second-order valence-corrected chi connectivity index (χ2v) is 19.8. The minimum absolute atomic E-state index is 0.0531. The SMILES string of the molecule is CN(C)c1cccc2c(S(=O)(=O)N[C@H](CCCCNC(=O)CCCC[C@@H]3SC[C@@H]4NC(=O)N[C@@H]43)C(=O)NCCSS(C)(=O)=O)cccc12. The number of rotatable bonds is 19. The second-order valence-electron chi connectivity index (χ2n) is 12.2. The van der Waals surface area contributed by atoms with E-state index < -0.39 is 30.8 Å². The number of carbonyl (C=O) groups excluding carboxylic acids is 3. The van der Waals surface area contributed by atoms with Crippen LogP contribution in [0.1, 0.15) is 44.9 Å². The Morgan fingerprint density at radius 2 is 1.73 bits per heavy atom. The third-order valence-electron chi connectivity index (χ3n) is 8.27. The predicted octanol–water partition coefficient (Wildman–Crippen LogP) is 2.37. The Morgan fingerprint density at radius 3 is 2.48 bits per heavy atom. The minimum atomic E-state index is -4.14. The third kappa shape index (κ3) is 10.9. The molecule has 2 saturated heterocycles. The van der Waals surface area contributed by atoms with Gasteiger partial charge in [0, 0.05) is 73.1 Å². The number of carbonyl (C=O) groups is 3. The van der Waals surface area contributed by atoms with Crippen molar-refractivity contribution in [3.8, 4) is 0 Å². The average Bonchev–Trinajstić information content (AvgIpc) is 3.58. The van der Waals surface area contributed by atoms with Crippen molar-refractivity contribution in [2.45, 2.75) is 73.2 Å². The summed E-state index contributed by atoms with van der Waals surface area (Å²) in [4.78, 5) is 39.1. The summed E-state index contributed by atoms with van der Waals surface area (Å²) in [5, 5.41) is 13.1. The van der Waals surface area contributed by atoms with Crippen molar-refractivity contribution in [2.75, 3.05) is 49.8 Å². The van der Waals surface area contributed by atoms with Crippen molar-refractivity contribution >= 4 is 75.8 Å². The fourth-order valence-corrected chi connectivity index (χ4v) is 10.6. The first-order chi connectivity index (χ1) is 22.7. The molecule has 0 aliphatic carbocycles. The molecule has 13 nitrogen and oxygen atoms in total. The normalized spacial score (nSPS) is 19.7. The highest BCUT2D eigenvalue weighted by molar-refractivity contribution is 8.71. The number of amides is 4. The van der Waals surface area contributed by atoms with E-state index in [2.05, 4.69) is 26.0 Å². The van der Waals surface area contributed by atoms with Gasteiger partial charge in [-0.1, -0.05) is 30.7 Å². The maximum Gasteiger partial charge on any atom is 0.315 e. The molecule has 2 heterocycles. The van der Waals surface area contributed by atoms with Gasteiger partial charge in [-0.05, 0) is 55.0 Å². The Labute approximate surface area is 291 Å². The van der Waals surface area contributed by atoms with Crippen molar-refractivity contribution < 1.29 is 31.2 Å². The number of benzene rings is 2. The summed E-state index contributed by atoms with van der Waals surface area (Å²) in [5.74, 6) is 0.419. The van der Waals surface area contributed by atoms with Crippen LogP contribution in [0.15, 0.2) is 41.3 Å². The van der Waals surface area contributed by atoms with Gasteiger partial charge in [0.1, 0.15) is 6.04 Å². The number of hydrogen-bond acceptors (Lipinski definition) is 10.